The maximum absolute atomic E-state index is 13.4. The molecule has 2 aromatic rings. The number of rotatable bonds is 4. The highest BCUT2D eigenvalue weighted by molar-refractivity contribution is 5.80. The second kappa shape index (κ2) is 6.30. The van der Waals surface area contributed by atoms with Gasteiger partial charge in [-0.15, -0.1) is 0 Å². The minimum absolute atomic E-state index is 0.366. The van der Waals surface area contributed by atoms with E-state index in [9.17, 15) is 14.3 Å². The van der Waals surface area contributed by atoms with E-state index in [0.717, 1.165) is 5.56 Å². The smallest absolute Gasteiger partial charge is 0.249 e. The average molecular weight is 273 g/mol. The number of aliphatic hydroxyl groups excluding tert-OH is 1. The normalized spacial score (nSPS) is 13.6. The molecule has 2 N–H and O–H groups in total. The van der Waals surface area contributed by atoms with Gasteiger partial charge in [-0.25, -0.2) is 4.39 Å². The van der Waals surface area contributed by atoms with Gasteiger partial charge in [0.25, 0.3) is 0 Å². The quantitative estimate of drug-likeness (QED) is 0.898. The molecule has 0 heterocycles. The zero-order valence-corrected chi connectivity index (χ0v) is 11.1. The third-order valence-electron chi connectivity index (χ3n) is 2.98. The highest BCUT2D eigenvalue weighted by Crippen LogP contribution is 2.22. The van der Waals surface area contributed by atoms with Crippen molar-refractivity contribution < 1.29 is 14.3 Å². The number of amides is 1. The second-order valence-electron chi connectivity index (χ2n) is 4.58. The SMILES string of the molecule is CC(O)C(=O)NC(c1ccccc1)c1cccc(F)c1. The number of hydrogen-bond donors (Lipinski definition) is 2. The molecule has 104 valence electrons. The Morgan fingerprint density at radius 2 is 1.75 bits per heavy atom. The summed E-state index contributed by atoms with van der Waals surface area (Å²) in [6.07, 6.45) is -1.12. The first-order chi connectivity index (χ1) is 9.58. The van der Waals surface area contributed by atoms with E-state index in [-0.39, 0.29) is 5.82 Å². The standard InChI is InChI=1S/C16H16FNO2/c1-11(19)16(20)18-15(12-6-3-2-4-7-12)13-8-5-9-14(17)10-13/h2-11,15,19H,1H3,(H,18,20). The van der Waals surface area contributed by atoms with Crippen LogP contribution in [0.5, 0.6) is 0 Å². The van der Waals surface area contributed by atoms with Gasteiger partial charge in [0.15, 0.2) is 0 Å². The Bertz CT molecular complexity index is 584. The lowest BCUT2D eigenvalue weighted by Crippen LogP contribution is -2.36. The molecule has 0 aliphatic rings. The Labute approximate surface area is 117 Å². The van der Waals surface area contributed by atoms with E-state index >= 15 is 0 Å². The molecule has 0 aromatic heterocycles. The largest absolute Gasteiger partial charge is 0.384 e. The average Bonchev–Trinajstić information content (AvgIpc) is 2.45. The van der Waals surface area contributed by atoms with Crippen molar-refractivity contribution in [1.82, 2.24) is 5.32 Å². The molecule has 0 saturated carbocycles. The van der Waals surface area contributed by atoms with Crippen LogP contribution < -0.4 is 5.32 Å². The summed E-state index contributed by atoms with van der Waals surface area (Å²) in [5.41, 5.74) is 1.46. The maximum Gasteiger partial charge on any atom is 0.249 e. The number of nitrogens with one attached hydrogen (secondary N) is 1. The number of carbonyl (C=O) groups is 1. The van der Waals surface area contributed by atoms with E-state index in [1.54, 1.807) is 12.1 Å². The fraction of sp³-hybridized carbons (Fsp3) is 0.188. The van der Waals surface area contributed by atoms with Gasteiger partial charge in [-0.3, -0.25) is 4.79 Å². The highest BCUT2D eigenvalue weighted by atomic mass is 19.1. The van der Waals surface area contributed by atoms with Crippen molar-refractivity contribution in [2.75, 3.05) is 0 Å². The fourth-order valence-corrected chi connectivity index (χ4v) is 1.95. The third-order valence-corrected chi connectivity index (χ3v) is 2.98. The predicted octanol–water partition coefficient (Wildman–Crippen LogP) is 2.41. The molecular formula is C16H16FNO2. The molecule has 0 radical (unpaired) electrons. The lowest BCUT2D eigenvalue weighted by molar-refractivity contribution is -0.129. The number of halogens is 1. The molecule has 2 atom stereocenters. The molecule has 2 unspecified atom stereocenters. The molecule has 20 heavy (non-hydrogen) atoms. The number of carbonyl (C=O) groups excluding carboxylic acids is 1. The summed E-state index contributed by atoms with van der Waals surface area (Å²) in [4.78, 5) is 11.7. The van der Waals surface area contributed by atoms with Gasteiger partial charge in [-0.2, -0.15) is 0 Å². The first-order valence-corrected chi connectivity index (χ1v) is 6.37. The third kappa shape index (κ3) is 3.42. The first kappa shape index (κ1) is 14.2. The summed E-state index contributed by atoms with van der Waals surface area (Å²) in [6, 6.07) is 14.8. The fourth-order valence-electron chi connectivity index (χ4n) is 1.95. The van der Waals surface area contributed by atoms with Crippen LogP contribution in [-0.2, 0) is 4.79 Å². The molecule has 0 saturated heterocycles. The van der Waals surface area contributed by atoms with Crippen molar-refractivity contribution in [3.05, 3.63) is 71.5 Å². The van der Waals surface area contributed by atoms with Crippen molar-refractivity contribution in [3.63, 3.8) is 0 Å². The Morgan fingerprint density at radius 1 is 1.10 bits per heavy atom. The second-order valence-corrected chi connectivity index (χ2v) is 4.58. The molecule has 1 amide bonds. The van der Waals surface area contributed by atoms with Crippen LogP contribution in [0, 0.1) is 5.82 Å². The van der Waals surface area contributed by atoms with Crippen molar-refractivity contribution in [2.45, 2.75) is 19.1 Å². The number of benzene rings is 2. The summed E-state index contributed by atoms with van der Waals surface area (Å²) < 4.78 is 13.4. The van der Waals surface area contributed by atoms with Crippen LogP contribution in [-0.4, -0.2) is 17.1 Å². The Kier molecular flexibility index (Phi) is 4.48. The summed E-state index contributed by atoms with van der Waals surface area (Å²) in [5, 5.41) is 12.1. The number of aliphatic hydroxyl groups is 1. The molecular weight excluding hydrogens is 257 g/mol. The predicted molar refractivity (Wildman–Crippen MR) is 74.5 cm³/mol. The van der Waals surface area contributed by atoms with E-state index in [2.05, 4.69) is 5.32 Å². The molecule has 4 heteroatoms. The molecule has 0 fully saturated rings. The molecule has 2 aromatic carbocycles. The van der Waals surface area contributed by atoms with Crippen LogP contribution >= 0.6 is 0 Å². The Morgan fingerprint density at radius 3 is 2.35 bits per heavy atom. The molecule has 0 aliphatic carbocycles. The van der Waals surface area contributed by atoms with Crippen LogP contribution in [0.25, 0.3) is 0 Å². The van der Waals surface area contributed by atoms with Crippen LogP contribution in [0.1, 0.15) is 24.1 Å². The van der Waals surface area contributed by atoms with Crippen molar-refractivity contribution >= 4 is 5.91 Å². The molecule has 0 aliphatic heterocycles. The van der Waals surface area contributed by atoms with Crippen LogP contribution in [0.2, 0.25) is 0 Å². The van der Waals surface area contributed by atoms with Gasteiger partial charge in [0.05, 0.1) is 6.04 Å². The van der Waals surface area contributed by atoms with Gasteiger partial charge in [0.2, 0.25) is 5.91 Å². The van der Waals surface area contributed by atoms with Gasteiger partial charge in [0.1, 0.15) is 11.9 Å². The molecule has 0 bridgehead atoms. The summed E-state index contributed by atoms with van der Waals surface area (Å²) in [5.74, 6) is -0.863. The highest BCUT2D eigenvalue weighted by Gasteiger charge is 2.19. The topological polar surface area (TPSA) is 49.3 Å². The Hall–Kier alpha value is -2.20. The summed E-state index contributed by atoms with van der Waals surface area (Å²) in [7, 11) is 0. The molecule has 0 spiro atoms. The first-order valence-electron chi connectivity index (χ1n) is 6.37. The van der Waals surface area contributed by atoms with Gasteiger partial charge in [0, 0.05) is 0 Å². The van der Waals surface area contributed by atoms with Gasteiger partial charge >= 0.3 is 0 Å². The monoisotopic (exact) mass is 273 g/mol. The lowest BCUT2D eigenvalue weighted by atomic mass is 9.98. The van der Waals surface area contributed by atoms with E-state index in [1.165, 1.54) is 19.1 Å². The Balaban J connectivity index is 2.37. The summed E-state index contributed by atoms with van der Waals surface area (Å²) in [6.45, 7) is 1.39. The minimum atomic E-state index is -1.12. The van der Waals surface area contributed by atoms with E-state index < -0.39 is 18.1 Å². The molecule has 3 nitrogen and oxygen atoms in total. The van der Waals surface area contributed by atoms with Gasteiger partial charge in [-0.1, -0.05) is 42.5 Å². The van der Waals surface area contributed by atoms with Crippen molar-refractivity contribution in [2.24, 2.45) is 0 Å². The maximum atomic E-state index is 13.4. The van der Waals surface area contributed by atoms with Gasteiger partial charge < -0.3 is 10.4 Å². The van der Waals surface area contributed by atoms with E-state index in [0.29, 0.717) is 5.56 Å². The molecule has 2 rings (SSSR count). The number of hydrogen-bond acceptors (Lipinski definition) is 2. The van der Waals surface area contributed by atoms with Gasteiger partial charge in [-0.05, 0) is 30.2 Å². The lowest BCUT2D eigenvalue weighted by Gasteiger charge is -2.20. The van der Waals surface area contributed by atoms with E-state index in [4.69, 9.17) is 0 Å². The van der Waals surface area contributed by atoms with Crippen LogP contribution in [0.4, 0.5) is 4.39 Å². The summed E-state index contributed by atoms with van der Waals surface area (Å²) >= 11 is 0. The minimum Gasteiger partial charge on any atom is -0.384 e. The zero-order valence-electron chi connectivity index (χ0n) is 11.1. The van der Waals surface area contributed by atoms with Crippen LogP contribution in [0.3, 0.4) is 0 Å². The van der Waals surface area contributed by atoms with Crippen molar-refractivity contribution in [3.8, 4) is 0 Å². The van der Waals surface area contributed by atoms with E-state index in [1.807, 2.05) is 30.3 Å². The zero-order chi connectivity index (χ0) is 14.5. The van der Waals surface area contributed by atoms with Crippen molar-refractivity contribution in [1.29, 1.82) is 0 Å². The van der Waals surface area contributed by atoms with Crippen LogP contribution in [0.15, 0.2) is 54.6 Å².